The molecule has 0 bridgehead atoms. The van der Waals surface area contributed by atoms with Gasteiger partial charge in [0.25, 0.3) is 0 Å². The Morgan fingerprint density at radius 3 is 2.08 bits per heavy atom. The first-order valence-corrected chi connectivity index (χ1v) is 22.7. The predicted molar refractivity (Wildman–Crippen MR) is 208 cm³/mol. The molecule has 8 rings (SSSR count). The molecule has 1 aliphatic carbocycles. The summed E-state index contributed by atoms with van der Waals surface area (Å²) in [6.45, 7) is 1.12. The molecule has 6 heterocycles. The Kier molecular flexibility index (Phi) is 14.2. The molecule has 24 nitrogen and oxygen atoms in total. The van der Waals surface area contributed by atoms with E-state index in [2.05, 4.69) is 0 Å². The molecule has 366 valence electrons. The number of aliphatic hydroxyl groups is 11. The summed E-state index contributed by atoms with van der Waals surface area (Å²) in [4.78, 5) is 27.3. The number of ketones is 1. The van der Waals surface area contributed by atoms with Crippen LogP contribution < -0.4 is 0 Å². The number of esters is 1. The highest BCUT2D eigenvalue weighted by Crippen LogP contribution is 2.53. The van der Waals surface area contributed by atoms with Crippen molar-refractivity contribution in [2.45, 2.75) is 160 Å². The molecule has 12 N–H and O–H groups in total. The van der Waals surface area contributed by atoms with E-state index in [0.29, 0.717) is 0 Å². The molecule has 1 aromatic rings. The topological polar surface area (TPSA) is 377 Å². The number of aromatic hydroxyl groups is 1. The lowest BCUT2D eigenvalue weighted by molar-refractivity contribution is -0.387. The molecule has 25 atom stereocenters. The molecule has 0 aromatic heterocycles. The monoisotopic (exact) mass is 952 g/mol. The second-order valence-corrected chi connectivity index (χ2v) is 19.5. The van der Waals surface area contributed by atoms with Crippen LogP contribution in [0.2, 0.25) is 0 Å². The van der Waals surface area contributed by atoms with Gasteiger partial charge in [-0.15, -0.1) is 0 Å². The fourth-order valence-corrected chi connectivity index (χ4v) is 11.9. The number of carbonyl (C=O) groups excluding carboxylic acids is 2. The zero-order valence-electron chi connectivity index (χ0n) is 34.9. The van der Waals surface area contributed by atoms with E-state index in [4.69, 9.17) is 42.6 Å². The first-order chi connectivity index (χ1) is 30.7. The summed E-state index contributed by atoms with van der Waals surface area (Å²) in [6.07, 6.45) is -32.7. The molecule has 6 saturated heterocycles. The lowest BCUT2D eigenvalue weighted by Crippen LogP contribution is -2.67. The van der Waals surface area contributed by atoms with Crippen molar-refractivity contribution in [3.63, 3.8) is 0 Å². The lowest BCUT2D eigenvalue weighted by Gasteiger charge is -2.48. The van der Waals surface area contributed by atoms with Crippen molar-refractivity contribution in [1.82, 2.24) is 0 Å². The standard InChI is InChI=1S/C40H56O24S/c1-13-11-56-39(8-18(13)58-34(52)15-3-5-16(43)6-4-15)38(53)40(54)22(44)7-17-21(12-65(55)32(17)33(40)64-39)61-37-31(27(49)24(46)19(9-41)60-37)63-36-29(51)30(25(47)20(10-42)59-36)62-35-28(50)26(48)23(45)14(2)57-35/h3-6,13-14,17-33,35-37,41-51,54H,7-12H2,1-2H3/t13-,14+,17-,18+,19-,20-,21+,22+,23+,24-,25-,26-,27+,28-,29-,30+,31-,32+,33-,35+,36+,37+,39+,40-,65-/m1/s1. The summed E-state index contributed by atoms with van der Waals surface area (Å²) in [5.41, 5.74) is -2.55. The number of ether oxygens (including phenoxy) is 9. The van der Waals surface area contributed by atoms with Crippen molar-refractivity contribution in [3.8, 4) is 5.75 Å². The van der Waals surface area contributed by atoms with Crippen molar-refractivity contribution in [1.29, 1.82) is 0 Å². The van der Waals surface area contributed by atoms with E-state index >= 15 is 0 Å². The number of fused-ring (bicyclic) bond motifs is 3. The summed E-state index contributed by atoms with van der Waals surface area (Å²) < 4.78 is 66.8. The van der Waals surface area contributed by atoms with Crippen molar-refractivity contribution in [2.24, 2.45) is 11.8 Å². The molecule has 0 unspecified atom stereocenters. The number of phenolic OH excluding ortho intramolecular Hbond substituents is 1. The summed E-state index contributed by atoms with van der Waals surface area (Å²) in [5.74, 6) is -5.96. The van der Waals surface area contributed by atoms with Crippen LogP contribution in [0.15, 0.2) is 24.3 Å². The van der Waals surface area contributed by atoms with Gasteiger partial charge in [-0.25, -0.2) is 4.79 Å². The molecular weight excluding hydrogens is 896 g/mol. The van der Waals surface area contributed by atoms with Crippen LogP contribution in [0.5, 0.6) is 5.75 Å². The van der Waals surface area contributed by atoms with Gasteiger partial charge in [0, 0.05) is 29.1 Å². The van der Waals surface area contributed by atoms with Crippen LogP contribution in [0, 0.1) is 11.8 Å². The van der Waals surface area contributed by atoms with Gasteiger partial charge < -0.3 is 104 Å². The molecule has 0 amide bonds. The van der Waals surface area contributed by atoms with Crippen molar-refractivity contribution in [2.75, 3.05) is 25.6 Å². The van der Waals surface area contributed by atoms with Gasteiger partial charge in [-0.3, -0.25) is 9.00 Å². The number of hydrogen-bond acceptors (Lipinski definition) is 24. The molecule has 7 aliphatic rings. The quantitative estimate of drug-likeness (QED) is 0.0971. The summed E-state index contributed by atoms with van der Waals surface area (Å²) in [6, 6.07) is 5.26. The van der Waals surface area contributed by atoms with E-state index in [0.717, 1.165) is 0 Å². The van der Waals surface area contributed by atoms with E-state index < -0.39 is 194 Å². The average Bonchev–Trinajstić information content (AvgIpc) is 3.70. The predicted octanol–water partition coefficient (Wildman–Crippen LogP) is -6.26. The SMILES string of the molecule is C[C@@H]1CO[C@@]2(C[C@@H]1OC(=O)c1ccc(O)cc1)O[C@@H]1[C@@H]3[C@H](C[C@H](O)[C@]1(O)C2=O)[C@@H](O[C@@H]1O[C@H](CO)[C@@H](O)[C@H](O)[C@H]1O[C@@H]1O[C@H](CO)[C@@H](O)[C@H](O[C@@H]2O[C@@H](C)[C@H](O)[C@@H](O)[C@H]2O)[C@H]1O)C[S@]3=O. The number of benzene rings is 1. The average molecular weight is 953 g/mol. The van der Waals surface area contributed by atoms with Gasteiger partial charge in [0.05, 0.1) is 54.7 Å². The van der Waals surface area contributed by atoms with E-state index in [-0.39, 0.29) is 23.7 Å². The van der Waals surface area contributed by atoms with Gasteiger partial charge in [-0.1, -0.05) is 6.92 Å². The summed E-state index contributed by atoms with van der Waals surface area (Å²) >= 11 is 0. The molecule has 1 aromatic carbocycles. The Bertz CT molecular complexity index is 1900. The van der Waals surface area contributed by atoms with Crippen LogP contribution in [-0.2, 0) is 58.2 Å². The Morgan fingerprint density at radius 2 is 1.40 bits per heavy atom. The second kappa shape index (κ2) is 18.8. The summed E-state index contributed by atoms with van der Waals surface area (Å²) in [7, 11) is -1.99. The maximum Gasteiger partial charge on any atom is 0.338 e. The molecular formula is C40H56O24S. The van der Waals surface area contributed by atoms with Crippen LogP contribution in [0.25, 0.3) is 0 Å². The third kappa shape index (κ3) is 8.57. The van der Waals surface area contributed by atoms with Gasteiger partial charge in [-0.2, -0.15) is 0 Å². The van der Waals surface area contributed by atoms with Gasteiger partial charge in [0.15, 0.2) is 24.5 Å². The molecule has 65 heavy (non-hydrogen) atoms. The highest BCUT2D eigenvalue weighted by molar-refractivity contribution is 7.86. The van der Waals surface area contributed by atoms with Crippen molar-refractivity contribution in [3.05, 3.63) is 29.8 Å². The Labute approximate surface area is 372 Å². The smallest absolute Gasteiger partial charge is 0.338 e. The number of rotatable bonds is 10. The fourth-order valence-electron chi connectivity index (χ4n) is 9.81. The number of hydrogen-bond donors (Lipinski definition) is 12. The zero-order valence-corrected chi connectivity index (χ0v) is 35.7. The highest BCUT2D eigenvalue weighted by Gasteiger charge is 2.75. The Morgan fingerprint density at radius 1 is 0.769 bits per heavy atom. The van der Waals surface area contributed by atoms with Gasteiger partial charge in [0.1, 0.15) is 85.1 Å². The van der Waals surface area contributed by atoms with E-state index in [1.54, 1.807) is 6.92 Å². The zero-order chi connectivity index (χ0) is 47.0. The van der Waals surface area contributed by atoms with E-state index in [9.17, 15) is 75.1 Å². The van der Waals surface area contributed by atoms with Gasteiger partial charge in [0.2, 0.25) is 11.6 Å². The van der Waals surface area contributed by atoms with Crippen LogP contribution in [0.4, 0.5) is 0 Å². The Hall–Kier alpha value is -2.45. The van der Waals surface area contributed by atoms with E-state index in [1.165, 1.54) is 31.2 Å². The van der Waals surface area contributed by atoms with E-state index in [1.807, 2.05) is 0 Å². The second-order valence-electron chi connectivity index (χ2n) is 17.8. The fraction of sp³-hybridized carbons (Fsp3) is 0.800. The molecule has 0 radical (unpaired) electrons. The highest BCUT2D eigenvalue weighted by atomic mass is 32.2. The summed E-state index contributed by atoms with van der Waals surface area (Å²) in [5, 5.41) is 128. The molecule has 1 spiro atoms. The maximum atomic E-state index is 14.3. The third-order valence-corrected chi connectivity index (χ3v) is 15.5. The molecule has 1 saturated carbocycles. The largest absolute Gasteiger partial charge is 0.508 e. The molecule has 25 heteroatoms. The minimum Gasteiger partial charge on any atom is -0.508 e. The third-order valence-electron chi connectivity index (χ3n) is 13.7. The lowest BCUT2D eigenvalue weighted by atomic mass is 9.70. The van der Waals surface area contributed by atoms with Crippen LogP contribution in [-0.4, -0.2) is 236 Å². The molecule has 6 aliphatic heterocycles. The van der Waals surface area contributed by atoms with Crippen LogP contribution in [0.3, 0.4) is 0 Å². The molecule has 7 fully saturated rings. The number of aliphatic hydroxyl groups excluding tert-OH is 10. The minimum absolute atomic E-state index is 0.0819. The number of carbonyl (C=O) groups is 2. The Balaban J connectivity index is 1.01. The van der Waals surface area contributed by atoms with Crippen LogP contribution in [0.1, 0.15) is 37.0 Å². The number of phenols is 1. The maximum absolute atomic E-state index is 14.3. The first kappa shape index (κ1) is 49.0. The number of Topliss-reactive ketones (excluding diaryl/α,β-unsaturated/α-hetero) is 1. The van der Waals surface area contributed by atoms with Gasteiger partial charge >= 0.3 is 5.97 Å². The van der Waals surface area contributed by atoms with Gasteiger partial charge in [-0.05, 0) is 37.6 Å². The normalized spacial score (nSPS) is 51.1. The van der Waals surface area contributed by atoms with Crippen molar-refractivity contribution >= 4 is 22.6 Å². The minimum atomic E-state index is -2.65. The first-order valence-electron chi connectivity index (χ1n) is 21.3. The van der Waals surface area contributed by atoms with Crippen LogP contribution >= 0.6 is 0 Å². The van der Waals surface area contributed by atoms with Crippen molar-refractivity contribution < 1.29 is 118 Å².